The van der Waals surface area contributed by atoms with Gasteiger partial charge >= 0.3 is 0 Å². The number of ether oxygens (including phenoxy) is 1. The normalized spacial score (nSPS) is 12.6. The second-order valence-electron chi connectivity index (χ2n) is 5.64. The number of benzene rings is 2. The second kappa shape index (κ2) is 6.47. The summed E-state index contributed by atoms with van der Waals surface area (Å²) >= 11 is 7.68. The van der Waals surface area contributed by atoms with E-state index in [0.717, 1.165) is 26.6 Å². The molecule has 3 aromatic rings. The highest BCUT2D eigenvalue weighted by Crippen LogP contribution is 2.43. The molecule has 0 radical (unpaired) electrons. The summed E-state index contributed by atoms with van der Waals surface area (Å²) in [5, 5.41) is 0.659. The number of carbonyl (C=O) groups is 1. The molecule has 0 N–H and O–H groups in total. The van der Waals surface area contributed by atoms with Gasteiger partial charge in [0.1, 0.15) is 18.2 Å². The van der Waals surface area contributed by atoms with Crippen molar-refractivity contribution in [2.75, 3.05) is 0 Å². The van der Waals surface area contributed by atoms with Crippen molar-refractivity contribution in [3.05, 3.63) is 81.5 Å². The third kappa shape index (κ3) is 3.23. The minimum absolute atomic E-state index is 0.161. The van der Waals surface area contributed by atoms with Gasteiger partial charge in [0.05, 0.1) is 0 Å². The fraction of sp³-hybridized carbons (Fsp3) is 0.0500. The molecule has 0 amide bonds. The quantitative estimate of drug-likeness (QED) is 0.417. The molecule has 1 aliphatic heterocycles. The minimum Gasteiger partial charge on any atom is -0.488 e. The molecular formula is C20H12ClFO2S. The summed E-state index contributed by atoms with van der Waals surface area (Å²) in [5.74, 6) is 0.298. The number of fused-ring (bicyclic) bond motifs is 3. The van der Waals surface area contributed by atoms with Crippen LogP contribution in [0.4, 0.5) is 4.39 Å². The van der Waals surface area contributed by atoms with Crippen molar-refractivity contribution in [3.63, 3.8) is 0 Å². The van der Waals surface area contributed by atoms with E-state index in [1.165, 1.54) is 30.3 Å². The van der Waals surface area contributed by atoms with E-state index in [-0.39, 0.29) is 11.6 Å². The van der Waals surface area contributed by atoms with Crippen LogP contribution >= 0.6 is 22.9 Å². The van der Waals surface area contributed by atoms with Crippen molar-refractivity contribution in [1.82, 2.24) is 0 Å². The molecule has 4 rings (SSSR count). The van der Waals surface area contributed by atoms with Crippen LogP contribution in [0.15, 0.2) is 54.6 Å². The van der Waals surface area contributed by atoms with Gasteiger partial charge in [-0.25, -0.2) is 4.39 Å². The van der Waals surface area contributed by atoms with Crippen LogP contribution in [-0.4, -0.2) is 5.78 Å². The predicted octanol–water partition coefficient (Wildman–Crippen LogP) is 6.00. The van der Waals surface area contributed by atoms with Crippen LogP contribution in [0.3, 0.4) is 0 Å². The molecule has 2 heterocycles. The van der Waals surface area contributed by atoms with Crippen LogP contribution in [0.25, 0.3) is 16.5 Å². The molecule has 1 aromatic heterocycles. The summed E-state index contributed by atoms with van der Waals surface area (Å²) < 4.78 is 18.7. The number of ketones is 1. The SMILES string of the molecule is O=C(/C=C\c1cc2c(s1)-c1cc(Cl)ccc1OC2)c1ccc(F)cc1. The number of rotatable bonds is 3. The maximum atomic E-state index is 12.9. The number of hydrogen-bond donors (Lipinski definition) is 0. The first-order chi connectivity index (χ1) is 12.1. The van der Waals surface area contributed by atoms with E-state index in [1.54, 1.807) is 23.5 Å². The molecule has 5 heteroatoms. The molecule has 0 bridgehead atoms. The molecule has 0 atom stereocenters. The first kappa shape index (κ1) is 16.1. The summed E-state index contributed by atoms with van der Waals surface area (Å²) in [5.41, 5.74) is 2.51. The van der Waals surface area contributed by atoms with E-state index >= 15 is 0 Å². The predicted molar refractivity (Wildman–Crippen MR) is 98.9 cm³/mol. The molecular weight excluding hydrogens is 359 g/mol. The van der Waals surface area contributed by atoms with E-state index in [1.807, 2.05) is 18.2 Å². The Labute approximate surface area is 153 Å². The van der Waals surface area contributed by atoms with Gasteiger partial charge in [-0.05, 0) is 60.7 Å². The first-order valence-electron chi connectivity index (χ1n) is 7.63. The Kier molecular flexibility index (Phi) is 4.15. The molecule has 1 aliphatic rings. The van der Waals surface area contributed by atoms with Gasteiger partial charge in [0.15, 0.2) is 5.78 Å². The zero-order valence-electron chi connectivity index (χ0n) is 13.0. The average molecular weight is 371 g/mol. The second-order valence-corrected chi connectivity index (χ2v) is 7.16. The number of thiophene rings is 1. The highest BCUT2D eigenvalue weighted by molar-refractivity contribution is 7.16. The van der Waals surface area contributed by atoms with Gasteiger partial charge in [0, 0.05) is 31.5 Å². The molecule has 25 heavy (non-hydrogen) atoms. The lowest BCUT2D eigenvalue weighted by Crippen LogP contribution is -2.02. The Morgan fingerprint density at radius 1 is 1.16 bits per heavy atom. The van der Waals surface area contributed by atoms with E-state index in [4.69, 9.17) is 16.3 Å². The summed E-state index contributed by atoms with van der Waals surface area (Å²) in [4.78, 5) is 14.2. The first-order valence-corrected chi connectivity index (χ1v) is 8.83. The van der Waals surface area contributed by atoms with Gasteiger partial charge in [-0.1, -0.05) is 11.6 Å². The van der Waals surface area contributed by atoms with Gasteiger partial charge in [0.2, 0.25) is 0 Å². The third-order valence-electron chi connectivity index (χ3n) is 3.93. The molecule has 2 nitrogen and oxygen atoms in total. The number of halogens is 2. The Morgan fingerprint density at radius 3 is 2.76 bits per heavy atom. The molecule has 2 aromatic carbocycles. The van der Waals surface area contributed by atoms with Crippen molar-refractivity contribution in [2.45, 2.75) is 6.61 Å². The smallest absolute Gasteiger partial charge is 0.185 e. The molecule has 0 fully saturated rings. The van der Waals surface area contributed by atoms with Crippen LogP contribution in [0, 0.1) is 5.82 Å². The lowest BCUT2D eigenvalue weighted by molar-refractivity contribution is 0.104. The summed E-state index contributed by atoms with van der Waals surface area (Å²) in [6.07, 6.45) is 3.28. The van der Waals surface area contributed by atoms with Gasteiger partial charge < -0.3 is 4.74 Å². The highest BCUT2D eigenvalue weighted by atomic mass is 35.5. The molecule has 0 saturated carbocycles. The fourth-order valence-corrected chi connectivity index (χ4v) is 3.96. The fourth-order valence-electron chi connectivity index (χ4n) is 2.70. The third-order valence-corrected chi connectivity index (χ3v) is 5.34. The van der Waals surface area contributed by atoms with Crippen molar-refractivity contribution in [1.29, 1.82) is 0 Å². The summed E-state index contributed by atoms with van der Waals surface area (Å²) in [6.45, 7) is 0.500. The number of allylic oxidation sites excluding steroid dienone is 1. The average Bonchev–Trinajstić information content (AvgIpc) is 3.04. The van der Waals surface area contributed by atoms with Crippen LogP contribution < -0.4 is 4.74 Å². The monoisotopic (exact) mass is 370 g/mol. The van der Waals surface area contributed by atoms with E-state index in [2.05, 4.69) is 0 Å². The van der Waals surface area contributed by atoms with Crippen molar-refractivity contribution < 1.29 is 13.9 Å². The largest absolute Gasteiger partial charge is 0.488 e. The molecule has 0 unspecified atom stereocenters. The van der Waals surface area contributed by atoms with Crippen LogP contribution in [0.2, 0.25) is 5.02 Å². The Balaban J connectivity index is 1.61. The van der Waals surface area contributed by atoms with Gasteiger partial charge in [-0.15, -0.1) is 11.3 Å². The Morgan fingerprint density at radius 2 is 1.96 bits per heavy atom. The minimum atomic E-state index is -0.358. The maximum absolute atomic E-state index is 12.9. The van der Waals surface area contributed by atoms with Crippen molar-refractivity contribution in [3.8, 4) is 16.2 Å². The van der Waals surface area contributed by atoms with E-state index in [9.17, 15) is 9.18 Å². The van der Waals surface area contributed by atoms with Gasteiger partial charge in [-0.3, -0.25) is 4.79 Å². The van der Waals surface area contributed by atoms with Gasteiger partial charge in [0.25, 0.3) is 0 Å². The molecule has 0 aliphatic carbocycles. The number of hydrogen-bond acceptors (Lipinski definition) is 3. The molecule has 0 spiro atoms. The Hall–Kier alpha value is -2.43. The topological polar surface area (TPSA) is 26.3 Å². The van der Waals surface area contributed by atoms with Crippen LogP contribution in [-0.2, 0) is 6.61 Å². The van der Waals surface area contributed by atoms with Crippen LogP contribution in [0.5, 0.6) is 5.75 Å². The van der Waals surface area contributed by atoms with E-state index in [0.29, 0.717) is 17.2 Å². The lowest BCUT2D eigenvalue weighted by Gasteiger charge is -2.17. The standard InChI is InChI=1S/C20H12ClFO2S/c21-14-3-8-19-17(10-14)20-13(11-24-19)9-16(25-20)6-7-18(23)12-1-4-15(22)5-2-12/h1-10H,11H2/b7-6-. The molecule has 124 valence electrons. The zero-order chi connectivity index (χ0) is 17.4. The Bertz CT molecular complexity index is 989. The summed E-state index contributed by atoms with van der Waals surface area (Å²) in [6, 6.07) is 13.1. The zero-order valence-corrected chi connectivity index (χ0v) is 14.5. The van der Waals surface area contributed by atoms with Gasteiger partial charge in [-0.2, -0.15) is 0 Å². The summed E-state index contributed by atoms with van der Waals surface area (Å²) in [7, 11) is 0. The lowest BCUT2D eigenvalue weighted by atomic mass is 10.1. The van der Waals surface area contributed by atoms with Crippen molar-refractivity contribution in [2.24, 2.45) is 0 Å². The van der Waals surface area contributed by atoms with Crippen molar-refractivity contribution >= 4 is 34.8 Å². The maximum Gasteiger partial charge on any atom is 0.185 e. The van der Waals surface area contributed by atoms with E-state index < -0.39 is 0 Å². The van der Waals surface area contributed by atoms with Crippen LogP contribution in [0.1, 0.15) is 20.8 Å². The molecule has 0 saturated heterocycles. The number of carbonyl (C=O) groups excluding carboxylic acids is 1. The highest BCUT2D eigenvalue weighted by Gasteiger charge is 2.20.